The first-order valence-electron chi connectivity index (χ1n) is 7.29. The predicted molar refractivity (Wildman–Crippen MR) is 88.9 cm³/mol. The zero-order chi connectivity index (χ0) is 18.6. The fourth-order valence-electron chi connectivity index (χ4n) is 2.23. The summed E-state index contributed by atoms with van der Waals surface area (Å²) >= 11 is 0. The summed E-state index contributed by atoms with van der Waals surface area (Å²) in [6.07, 6.45) is 0.905. The van der Waals surface area contributed by atoms with Crippen LogP contribution in [0.4, 0.5) is 5.69 Å². The van der Waals surface area contributed by atoms with E-state index in [1.54, 1.807) is 0 Å². The lowest BCUT2D eigenvalue weighted by Gasteiger charge is -2.10. The summed E-state index contributed by atoms with van der Waals surface area (Å²) in [4.78, 5) is 45.6. The highest BCUT2D eigenvalue weighted by Crippen LogP contribution is 2.10. The highest BCUT2D eigenvalue weighted by atomic mass is 16.6. The maximum Gasteiger partial charge on any atom is 0.286 e. The van der Waals surface area contributed by atoms with Crippen LogP contribution in [0.25, 0.3) is 0 Å². The lowest BCUT2D eigenvalue weighted by molar-refractivity contribution is -0.385. The van der Waals surface area contributed by atoms with Gasteiger partial charge in [-0.15, -0.1) is 0 Å². The second kappa shape index (κ2) is 7.39. The van der Waals surface area contributed by atoms with Crippen molar-refractivity contribution in [2.45, 2.75) is 20.0 Å². The minimum absolute atomic E-state index is 0.248. The fourth-order valence-corrected chi connectivity index (χ4v) is 2.23. The van der Waals surface area contributed by atoms with E-state index < -0.39 is 40.1 Å². The molecule has 2 aromatic rings. The van der Waals surface area contributed by atoms with Crippen LogP contribution in [0.15, 0.2) is 41.3 Å². The van der Waals surface area contributed by atoms with Crippen molar-refractivity contribution in [3.63, 3.8) is 0 Å². The number of pyridine rings is 1. The lowest BCUT2D eigenvalue weighted by Crippen LogP contribution is -2.35. The van der Waals surface area contributed by atoms with Gasteiger partial charge in [0.25, 0.3) is 17.2 Å². The minimum atomic E-state index is -1.09. The van der Waals surface area contributed by atoms with Gasteiger partial charge in [0.15, 0.2) is 0 Å². The SMILES string of the molecule is Cc1ccccc1CNC(=O)Cn1cc([N+](=O)[O-])cc(C(N)=O)c1=O. The molecule has 0 radical (unpaired) electrons. The first-order valence-corrected chi connectivity index (χ1v) is 7.29. The molecule has 0 saturated heterocycles. The molecule has 0 atom stereocenters. The van der Waals surface area contributed by atoms with E-state index in [-0.39, 0.29) is 6.54 Å². The van der Waals surface area contributed by atoms with Crippen molar-refractivity contribution in [3.05, 3.63) is 73.7 Å². The van der Waals surface area contributed by atoms with E-state index in [0.717, 1.165) is 28.0 Å². The van der Waals surface area contributed by atoms with Crippen molar-refractivity contribution >= 4 is 17.5 Å². The van der Waals surface area contributed by atoms with Crippen molar-refractivity contribution in [1.29, 1.82) is 0 Å². The number of hydrogen-bond acceptors (Lipinski definition) is 5. The third-order valence-corrected chi connectivity index (χ3v) is 3.60. The Balaban J connectivity index is 2.20. The Morgan fingerprint density at radius 3 is 2.60 bits per heavy atom. The number of carbonyl (C=O) groups is 2. The van der Waals surface area contributed by atoms with Gasteiger partial charge in [0.1, 0.15) is 12.1 Å². The average Bonchev–Trinajstić information content (AvgIpc) is 2.55. The van der Waals surface area contributed by atoms with Crippen LogP contribution in [0.3, 0.4) is 0 Å². The fraction of sp³-hybridized carbons (Fsp3) is 0.188. The van der Waals surface area contributed by atoms with Gasteiger partial charge in [-0.3, -0.25) is 29.1 Å². The van der Waals surface area contributed by atoms with Crippen LogP contribution in [0.2, 0.25) is 0 Å². The van der Waals surface area contributed by atoms with E-state index >= 15 is 0 Å². The second-order valence-corrected chi connectivity index (χ2v) is 5.37. The smallest absolute Gasteiger partial charge is 0.286 e. The highest BCUT2D eigenvalue weighted by molar-refractivity contribution is 5.93. The molecule has 25 heavy (non-hydrogen) atoms. The Morgan fingerprint density at radius 1 is 1.32 bits per heavy atom. The Morgan fingerprint density at radius 2 is 2.00 bits per heavy atom. The molecule has 130 valence electrons. The molecule has 1 heterocycles. The zero-order valence-electron chi connectivity index (χ0n) is 13.4. The molecule has 0 unspecified atom stereocenters. The van der Waals surface area contributed by atoms with E-state index in [2.05, 4.69) is 5.32 Å². The molecule has 2 amide bonds. The van der Waals surface area contributed by atoms with Crippen molar-refractivity contribution in [1.82, 2.24) is 9.88 Å². The van der Waals surface area contributed by atoms with E-state index in [9.17, 15) is 24.5 Å². The molecule has 9 heteroatoms. The largest absolute Gasteiger partial charge is 0.365 e. The van der Waals surface area contributed by atoms with Gasteiger partial charge in [0.05, 0.1) is 11.1 Å². The van der Waals surface area contributed by atoms with Crippen LogP contribution in [-0.4, -0.2) is 21.3 Å². The molecule has 0 saturated carbocycles. The number of carbonyl (C=O) groups excluding carboxylic acids is 2. The number of amides is 2. The monoisotopic (exact) mass is 344 g/mol. The average molecular weight is 344 g/mol. The molecular formula is C16H16N4O5. The molecule has 1 aromatic heterocycles. The molecule has 3 N–H and O–H groups in total. The number of nitro groups is 1. The maximum absolute atomic E-state index is 12.1. The van der Waals surface area contributed by atoms with Gasteiger partial charge in [0, 0.05) is 12.6 Å². The molecule has 0 fully saturated rings. The van der Waals surface area contributed by atoms with Gasteiger partial charge in [-0.1, -0.05) is 24.3 Å². The Bertz CT molecular complexity index is 904. The predicted octanol–water partition coefficient (Wildman–Crippen LogP) is 0.480. The zero-order valence-corrected chi connectivity index (χ0v) is 13.4. The standard InChI is InChI=1S/C16H16N4O5/c1-10-4-2-3-5-11(10)7-18-14(21)9-19-8-12(20(24)25)6-13(15(17)22)16(19)23/h2-6,8H,7,9H2,1H3,(H2,17,22)(H,18,21). The lowest BCUT2D eigenvalue weighted by atomic mass is 10.1. The van der Waals surface area contributed by atoms with E-state index in [0.29, 0.717) is 0 Å². The van der Waals surface area contributed by atoms with E-state index in [4.69, 9.17) is 5.73 Å². The third-order valence-electron chi connectivity index (χ3n) is 3.60. The number of benzene rings is 1. The Hall–Kier alpha value is -3.49. The van der Waals surface area contributed by atoms with E-state index in [1.165, 1.54) is 0 Å². The summed E-state index contributed by atoms with van der Waals surface area (Å²) in [5.41, 5.74) is 5.06. The molecular weight excluding hydrogens is 328 g/mol. The number of nitrogens with zero attached hydrogens (tertiary/aromatic N) is 2. The van der Waals surface area contributed by atoms with Gasteiger partial charge in [0.2, 0.25) is 5.91 Å². The third kappa shape index (κ3) is 4.28. The van der Waals surface area contributed by atoms with Crippen molar-refractivity contribution < 1.29 is 14.5 Å². The molecule has 0 bridgehead atoms. The number of aromatic nitrogens is 1. The van der Waals surface area contributed by atoms with Crippen LogP contribution in [-0.2, 0) is 17.9 Å². The van der Waals surface area contributed by atoms with Crippen LogP contribution >= 0.6 is 0 Å². The number of primary amides is 1. The number of nitrogens with two attached hydrogens (primary N) is 1. The van der Waals surface area contributed by atoms with Gasteiger partial charge >= 0.3 is 0 Å². The Labute approximate surface area is 142 Å². The Kier molecular flexibility index (Phi) is 5.28. The molecule has 0 aliphatic carbocycles. The summed E-state index contributed by atoms with van der Waals surface area (Å²) in [7, 11) is 0. The quantitative estimate of drug-likeness (QED) is 0.580. The van der Waals surface area contributed by atoms with Gasteiger partial charge in [-0.05, 0) is 18.1 Å². The second-order valence-electron chi connectivity index (χ2n) is 5.37. The molecule has 0 spiro atoms. The summed E-state index contributed by atoms with van der Waals surface area (Å²) < 4.78 is 0.797. The molecule has 1 aromatic carbocycles. The minimum Gasteiger partial charge on any atom is -0.365 e. The highest BCUT2D eigenvalue weighted by Gasteiger charge is 2.18. The van der Waals surface area contributed by atoms with Crippen LogP contribution < -0.4 is 16.6 Å². The summed E-state index contributed by atoms with van der Waals surface area (Å²) in [5.74, 6) is -1.62. The number of hydrogen-bond donors (Lipinski definition) is 2. The maximum atomic E-state index is 12.1. The normalized spacial score (nSPS) is 10.3. The summed E-state index contributed by atoms with van der Waals surface area (Å²) in [5, 5.41) is 13.5. The van der Waals surface area contributed by atoms with Crippen molar-refractivity contribution in [2.24, 2.45) is 5.73 Å². The molecule has 2 rings (SSSR count). The summed E-state index contributed by atoms with van der Waals surface area (Å²) in [6, 6.07) is 8.24. The van der Waals surface area contributed by atoms with Crippen LogP contribution in [0.1, 0.15) is 21.5 Å². The van der Waals surface area contributed by atoms with Gasteiger partial charge < -0.3 is 11.1 Å². The van der Waals surface area contributed by atoms with E-state index in [1.807, 2.05) is 31.2 Å². The van der Waals surface area contributed by atoms with Crippen molar-refractivity contribution in [2.75, 3.05) is 0 Å². The first kappa shape index (κ1) is 17.9. The summed E-state index contributed by atoms with van der Waals surface area (Å²) in [6.45, 7) is 1.68. The topological polar surface area (TPSA) is 137 Å². The van der Waals surface area contributed by atoms with Gasteiger partial charge in [-0.2, -0.15) is 0 Å². The van der Waals surface area contributed by atoms with Crippen molar-refractivity contribution in [3.8, 4) is 0 Å². The van der Waals surface area contributed by atoms with Gasteiger partial charge in [-0.25, -0.2) is 0 Å². The van der Waals surface area contributed by atoms with Crippen LogP contribution in [0.5, 0.6) is 0 Å². The number of nitrogens with one attached hydrogen (secondary N) is 1. The first-order chi connectivity index (χ1) is 11.8. The molecule has 9 nitrogen and oxygen atoms in total. The number of rotatable bonds is 6. The molecule has 0 aliphatic heterocycles. The van der Waals surface area contributed by atoms with Crippen LogP contribution in [0, 0.1) is 17.0 Å². The molecule has 0 aliphatic rings. The number of aryl methyl sites for hydroxylation is 1.